The molecule has 4 rings (SSSR count). The largest absolute Gasteiger partial charge is 0.355 e. The summed E-state index contributed by atoms with van der Waals surface area (Å²) in [4.78, 5) is 24.7. The number of fused-ring (bicyclic) bond motifs is 1. The Labute approximate surface area is 157 Å². The van der Waals surface area contributed by atoms with Crippen LogP contribution in [0.15, 0.2) is 77.9 Å². The summed E-state index contributed by atoms with van der Waals surface area (Å²) in [6, 6.07) is 23.6. The van der Waals surface area contributed by atoms with Gasteiger partial charge in [-0.05, 0) is 28.0 Å². The fraction of sp³-hybridized carbons (Fsp3) is 0.136. The van der Waals surface area contributed by atoms with E-state index in [1.807, 2.05) is 72.8 Å². The first-order valence-electron chi connectivity index (χ1n) is 8.87. The molecule has 2 unspecified atom stereocenters. The number of hydrogen-bond donors (Lipinski definition) is 2. The summed E-state index contributed by atoms with van der Waals surface area (Å²) in [5, 5.41) is 9.08. The minimum atomic E-state index is -0.777. The number of carbonyl (C=O) groups is 2. The Balaban J connectivity index is 1.47. The number of benzene rings is 3. The summed E-state index contributed by atoms with van der Waals surface area (Å²) >= 11 is 0. The van der Waals surface area contributed by atoms with Gasteiger partial charge in [0.25, 0.3) is 5.91 Å². The Hall–Kier alpha value is -3.47. The second-order valence-corrected chi connectivity index (χ2v) is 6.58. The fourth-order valence-corrected chi connectivity index (χ4v) is 3.46. The first-order chi connectivity index (χ1) is 13.2. The molecule has 1 saturated heterocycles. The summed E-state index contributed by atoms with van der Waals surface area (Å²) in [7, 11) is 0. The monoisotopic (exact) mass is 357 g/mol. The maximum atomic E-state index is 12.6. The molecule has 0 saturated carbocycles. The van der Waals surface area contributed by atoms with Gasteiger partial charge in [0.05, 0.1) is 6.21 Å². The molecule has 3 aromatic rings. The zero-order valence-corrected chi connectivity index (χ0v) is 14.6. The van der Waals surface area contributed by atoms with E-state index in [0.29, 0.717) is 6.54 Å². The number of amides is 2. The Kier molecular flexibility index (Phi) is 4.66. The molecule has 5 heteroatoms. The predicted octanol–water partition coefficient (Wildman–Crippen LogP) is 2.82. The lowest BCUT2D eigenvalue weighted by molar-refractivity contribution is -0.133. The molecule has 134 valence electrons. The highest BCUT2D eigenvalue weighted by molar-refractivity contribution is 6.03. The van der Waals surface area contributed by atoms with Crippen molar-refractivity contribution < 1.29 is 9.59 Å². The van der Waals surface area contributed by atoms with Crippen molar-refractivity contribution in [3.8, 4) is 0 Å². The van der Waals surface area contributed by atoms with Crippen molar-refractivity contribution in [2.75, 3.05) is 6.54 Å². The number of rotatable bonds is 4. The second kappa shape index (κ2) is 7.41. The third-order valence-electron chi connectivity index (χ3n) is 4.85. The molecule has 0 bridgehead atoms. The van der Waals surface area contributed by atoms with Gasteiger partial charge < -0.3 is 5.32 Å². The van der Waals surface area contributed by atoms with Crippen LogP contribution in [0.4, 0.5) is 0 Å². The van der Waals surface area contributed by atoms with Crippen molar-refractivity contribution in [2.24, 2.45) is 11.0 Å². The Morgan fingerprint density at radius 3 is 2.56 bits per heavy atom. The molecule has 2 amide bonds. The van der Waals surface area contributed by atoms with Crippen LogP contribution in [0, 0.1) is 5.92 Å². The molecule has 0 aliphatic carbocycles. The molecule has 1 fully saturated rings. The number of nitrogens with one attached hydrogen (secondary N) is 2. The summed E-state index contributed by atoms with van der Waals surface area (Å²) in [5.41, 5.74) is 4.37. The summed E-state index contributed by atoms with van der Waals surface area (Å²) in [5.74, 6) is -1.62. The van der Waals surface area contributed by atoms with Crippen molar-refractivity contribution in [3.63, 3.8) is 0 Å². The second-order valence-electron chi connectivity index (χ2n) is 6.58. The Bertz CT molecular complexity index is 1010. The highest BCUT2D eigenvalue weighted by Crippen LogP contribution is 2.29. The van der Waals surface area contributed by atoms with Crippen LogP contribution in [0.3, 0.4) is 0 Å². The molecule has 2 atom stereocenters. The van der Waals surface area contributed by atoms with E-state index in [1.165, 1.54) is 0 Å². The number of carbonyl (C=O) groups excluding carboxylic acids is 2. The van der Waals surface area contributed by atoms with Gasteiger partial charge in [-0.2, -0.15) is 5.10 Å². The summed E-state index contributed by atoms with van der Waals surface area (Å²) in [6.07, 6.45) is 1.59. The topological polar surface area (TPSA) is 70.6 Å². The SMILES string of the molecule is O=C1NCC(c2ccccc2)C1C(=O)N/N=C/c1ccc2ccccc2c1. The Morgan fingerprint density at radius 2 is 1.74 bits per heavy atom. The molecule has 1 heterocycles. The first kappa shape index (κ1) is 17.0. The molecule has 3 aromatic carbocycles. The van der Waals surface area contributed by atoms with Crippen molar-refractivity contribution >= 4 is 28.8 Å². The highest BCUT2D eigenvalue weighted by Gasteiger charge is 2.40. The van der Waals surface area contributed by atoms with Gasteiger partial charge in [-0.25, -0.2) is 5.43 Å². The maximum Gasteiger partial charge on any atom is 0.253 e. The normalized spacial score (nSPS) is 19.3. The van der Waals surface area contributed by atoms with Gasteiger partial charge in [-0.3, -0.25) is 9.59 Å². The van der Waals surface area contributed by atoms with Gasteiger partial charge in [0.15, 0.2) is 0 Å². The van der Waals surface area contributed by atoms with Crippen LogP contribution < -0.4 is 10.7 Å². The van der Waals surface area contributed by atoms with Crippen LogP contribution in [0.2, 0.25) is 0 Å². The lowest BCUT2D eigenvalue weighted by Crippen LogP contribution is -2.34. The lowest BCUT2D eigenvalue weighted by atomic mass is 9.88. The number of hydrogen-bond acceptors (Lipinski definition) is 3. The highest BCUT2D eigenvalue weighted by atomic mass is 16.2. The molecule has 0 spiro atoms. The Morgan fingerprint density at radius 1 is 1.00 bits per heavy atom. The van der Waals surface area contributed by atoms with Crippen LogP contribution in [0.25, 0.3) is 10.8 Å². The molecular formula is C22H19N3O2. The quantitative estimate of drug-likeness (QED) is 0.428. The van der Waals surface area contributed by atoms with Crippen molar-refractivity contribution in [1.29, 1.82) is 0 Å². The average Bonchev–Trinajstić information content (AvgIpc) is 3.10. The smallest absolute Gasteiger partial charge is 0.253 e. The minimum Gasteiger partial charge on any atom is -0.355 e. The molecule has 0 aromatic heterocycles. The van der Waals surface area contributed by atoms with Crippen LogP contribution >= 0.6 is 0 Å². The summed E-state index contributed by atoms with van der Waals surface area (Å²) in [6.45, 7) is 0.454. The van der Waals surface area contributed by atoms with E-state index in [-0.39, 0.29) is 11.8 Å². The van der Waals surface area contributed by atoms with Gasteiger partial charge in [0, 0.05) is 12.5 Å². The van der Waals surface area contributed by atoms with E-state index in [0.717, 1.165) is 21.9 Å². The van der Waals surface area contributed by atoms with Gasteiger partial charge in [-0.1, -0.05) is 66.7 Å². The number of nitrogens with zero attached hydrogens (tertiary/aromatic N) is 1. The average molecular weight is 357 g/mol. The van der Waals surface area contributed by atoms with Crippen LogP contribution in [-0.2, 0) is 9.59 Å². The van der Waals surface area contributed by atoms with Gasteiger partial charge in [-0.15, -0.1) is 0 Å². The van der Waals surface area contributed by atoms with Crippen LogP contribution in [-0.4, -0.2) is 24.6 Å². The lowest BCUT2D eigenvalue weighted by Gasteiger charge is -2.15. The molecule has 1 aliphatic rings. The zero-order valence-electron chi connectivity index (χ0n) is 14.6. The van der Waals surface area contributed by atoms with E-state index >= 15 is 0 Å². The van der Waals surface area contributed by atoms with E-state index in [1.54, 1.807) is 6.21 Å². The molecule has 0 radical (unpaired) electrons. The van der Waals surface area contributed by atoms with E-state index in [2.05, 4.69) is 15.8 Å². The van der Waals surface area contributed by atoms with Gasteiger partial charge in [0.2, 0.25) is 5.91 Å². The molecule has 5 nitrogen and oxygen atoms in total. The zero-order chi connectivity index (χ0) is 18.6. The van der Waals surface area contributed by atoms with Gasteiger partial charge in [0.1, 0.15) is 5.92 Å². The molecule has 2 N–H and O–H groups in total. The minimum absolute atomic E-state index is 0.186. The van der Waals surface area contributed by atoms with Crippen molar-refractivity contribution in [2.45, 2.75) is 5.92 Å². The molecule has 27 heavy (non-hydrogen) atoms. The van der Waals surface area contributed by atoms with Gasteiger partial charge >= 0.3 is 0 Å². The molecular weight excluding hydrogens is 338 g/mol. The summed E-state index contributed by atoms with van der Waals surface area (Å²) < 4.78 is 0. The van der Waals surface area contributed by atoms with E-state index in [9.17, 15) is 9.59 Å². The van der Waals surface area contributed by atoms with Crippen molar-refractivity contribution in [3.05, 3.63) is 83.9 Å². The van der Waals surface area contributed by atoms with Crippen LogP contribution in [0.5, 0.6) is 0 Å². The standard InChI is InChI=1S/C22H19N3O2/c26-21-20(19(14-23-21)17-7-2-1-3-8-17)22(27)25-24-13-15-10-11-16-6-4-5-9-18(16)12-15/h1-13,19-20H,14H2,(H,23,26)(H,25,27)/b24-13+. The van der Waals surface area contributed by atoms with E-state index < -0.39 is 11.8 Å². The maximum absolute atomic E-state index is 12.6. The third-order valence-corrected chi connectivity index (χ3v) is 4.85. The molecule has 1 aliphatic heterocycles. The van der Waals surface area contributed by atoms with E-state index in [4.69, 9.17) is 0 Å². The van der Waals surface area contributed by atoms with Crippen LogP contribution in [0.1, 0.15) is 17.0 Å². The fourth-order valence-electron chi connectivity index (χ4n) is 3.46. The first-order valence-corrected chi connectivity index (χ1v) is 8.87. The predicted molar refractivity (Wildman–Crippen MR) is 105 cm³/mol. The third kappa shape index (κ3) is 3.58. The number of hydrazone groups is 1. The van der Waals surface area contributed by atoms with Crippen molar-refractivity contribution in [1.82, 2.24) is 10.7 Å².